The van der Waals surface area contributed by atoms with E-state index < -0.39 is 9.84 Å². The quantitative estimate of drug-likeness (QED) is 0.777. The van der Waals surface area contributed by atoms with Crippen LogP contribution in [0.1, 0.15) is 5.69 Å². The highest BCUT2D eigenvalue weighted by Crippen LogP contribution is 2.30. The van der Waals surface area contributed by atoms with Gasteiger partial charge in [-0.05, 0) is 25.1 Å². The van der Waals surface area contributed by atoms with Gasteiger partial charge in [0.15, 0.2) is 0 Å². The van der Waals surface area contributed by atoms with Crippen LogP contribution in [0, 0.1) is 6.92 Å². The molecule has 0 amide bonds. The van der Waals surface area contributed by atoms with Crippen LogP contribution in [0.2, 0.25) is 0 Å². The van der Waals surface area contributed by atoms with Crippen LogP contribution in [0.15, 0.2) is 64.4 Å². The number of hydrogen-bond donors (Lipinski definition) is 1. The monoisotopic (exact) mass is 271 g/mol. The summed E-state index contributed by atoms with van der Waals surface area (Å²) >= 11 is 0. The van der Waals surface area contributed by atoms with Gasteiger partial charge in [-0.2, -0.15) is 0 Å². The number of H-pyrrole nitrogens is 1. The molecule has 0 aliphatic heterocycles. The van der Waals surface area contributed by atoms with Crippen molar-refractivity contribution in [1.82, 2.24) is 4.98 Å². The van der Waals surface area contributed by atoms with Crippen molar-refractivity contribution in [2.24, 2.45) is 0 Å². The molecular weight excluding hydrogens is 258 g/mol. The SMILES string of the molecule is Cc1[nH]c2ccccc2c1S(=O)(=O)c1ccccc1. The van der Waals surface area contributed by atoms with Crippen molar-refractivity contribution >= 4 is 20.7 Å². The molecule has 4 heteroatoms. The van der Waals surface area contributed by atoms with E-state index in [2.05, 4.69) is 4.98 Å². The van der Waals surface area contributed by atoms with Gasteiger partial charge in [0.1, 0.15) is 0 Å². The number of rotatable bonds is 2. The predicted molar refractivity (Wildman–Crippen MR) is 74.9 cm³/mol. The molecule has 0 radical (unpaired) electrons. The summed E-state index contributed by atoms with van der Waals surface area (Å²) in [7, 11) is -3.48. The third-order valence-electron chi connectivity index (χ3n) is 3.16. The molecule has 0 saturated carbocycles. The van der Waals surface area contributed by atoms with Gasteiger partial charge in [-0.15, -0.1) is 0 Å². The summed E-state index contributed by atoms with van der Waals surface area (Å²) in [4.78, 5) is 3.82. The molecule has 0 saturated heterocycles. The van der Waals surface area contributed by atoms with E-state index in [-0.39, 0.29) is 0 Å². The second kappa shape index (κ2) is 4.24. The Morgan fingerprint density at radius 3 is 2.26 bits per heavy atom. The minimum atomic E-state index is -3.48. The number of para-hydroxylation sites is 1. The van der Waals surface area contributed by atoms with Crippen molar-refractivity contribution in [2.75, 3.05) is 0 Å². The van der Waals surface area contributed by atoms with Gasteiger partial charge in [0.25, 0.3) is 0 Å². The average Bonchev–Trinajstić information content (AvgIpc) is 2.76. The van der Waals surface area contributed by atoms with Gasteiger partial charge in [0.05, 0.1) is 9.79 Å². The summed E-state index contributed by atoms with van der Waals surface area (Å²) in [6.45, 7) is 1.79. The van der Waals surface area contributed by atoms with Crippen LogP contribution in [0.3, 0.4) is 0 Å². The lowest BCUT2D eigenvalue weighted by Crippen LogP contribution is -2.02. The zero-order valence-electron chi connectivity index (χ0n) is 10.4. The Morgan fingerprint density at radius 1 is 0.895 bits per heavy atom. The number of fused-ring (bicyclic) bond motifs is 1. The normalized spacial score (nSPS) is 11.8. The highest BCUT2D eigenvalue weighted by atomic mass is 32.2. The van der Waals surface area contributed by atoms with Gasteiger partial charge in [0, 0.05) is 16.6 Å². The maximum absolute atomic E-state index is 12.7. The molecule has 0 aliphatic carbocycles. The first kappa shape index (κ1) is 12.0. The molecule has 0 aliphatic rings. The van der Waals surface area contributed by atoms with Crippen LogP contribution < -0.4 is 0 Å². The third kappa shape index (κ3) is 1.85. The standard InChI is InChI=1S/C15H13NO2S/c1-11-15(13-9-5-6-10-14(13)16-11)19(17,18)12-7-3-2-4-8-12/h2-10,16H,1H3. The molecule has 2 aromatic carbocycles. The predicted octanol–water partition coefficient (Wildman–Crippen LogP) is 3.31. The topological polar surface area (TPSA) is 49.9 Å². The van der Waals surface area contributed by atoms with Crippen LogP contribution in [0.5, 0.6) is 0 Å². The fourth-order valence-electron chi connectivity index (χ4n) is 2.31. The van der Waals surface area contributed by atoms with E-state index in [0.29, 0.717) is 15.5 Å². The van der Waals surface area contributed by atoms with Crippen LogP contribution in [0.4, 0.5) is 0 Å². The Morgan fingerprint density at radius 2 is 1.53 bits per heavy atom. The summed E-state index contributed by atoms with van der Waals surface area (Å²) in [5, 5.41) is 0.740. The van der Waals surface area contributed by atoms with E-state index in [1.165, 1.54) is 0 Å². The molecule has 3 rings (SSSR count). The van der Waals surface area contributed by atoms with Crippen molar-refractivity contribution in [3.63, 3.8) is 0 Å². The first-order valence-corrected chi connectivity index (χ1v) is 7.46. The molecular formula is C15H13NO2S. The van der Waals surface area contributed by atoms with E-state index >= 15 is 0 Å². The number of aromatic nitrogens is 1. The summed E-state index contributed by atoms with van der Waals surface area (Å²) in [6.07, 6.45) is 0. The average molecular weight is 271 g/mol. The molecule has 0 bridgehead atoms. The minimum absolute atomic E-state index is 0.322. The number of aromatic amines is 1. The second-order valence-corrected chi connectivity index (χ2v) is 6.33. The Bertz CT molecular complexity index is 833. The van der Waals surface area contributed by atoms with Gasteiger partial charge in [-0.3, -0.25) is 0 Å². The Hall–Kier alpha value is -2.07. The Balaban J connectivity index is 2.34. The third-order valence-corrected chi connectivity index (χ3v) is 5.11. The van der Waals surface area contributed by atoms with Crippen LogP contribution >= 0.6 is 0 Å². The molecule has 0 fully saturated rings. The summed E-state index contributed by atoms with van der Waals surface area (Å²) in [6, 6.07) is 16.0. The second-order valence-electron chi connectivity index (χ2n) is 4.44. The van der Waals surface area contributed by atoms with E-state index in [1.54, 1.807) is 37.3 Å². The molecule has 19 heavy (non-hydrogen) atoms. The Labute approximate surface area is 111 Å². The molecule has 1 N–H and O–H groups in total. The van der Waals surface area contributed by atoms with Crippen molar-refractivity contribution in [2.45, 2.75) is 16.7 Å². The van der Waals surface area contributed by atoms with E-state index in [1.807, 2.05) is 24.3 Å². The smallest absolute Gasteiger partial charge is 0.208 e. The first-order valence-electron chi connectivity index (χ1n) is 5.98. The lowest BCUT2D eigenvalue weighted by atomic mass is 10.2. The van der Waals surface area contributed by atoms with Crippen molar-refractivity contribution < 1.29 is 8.42 Å². The van der Waals surface area contributed by atoms with E-state index in [9.17, 15) is 8.42 Å². The molecule has 96 valence electrons. The van der Waals surface area contributed by atoms with Crippen LogP contribution in [-0.4, -0.2) is 13.4 Å². The van der Waals surface area contributed by atoms with Gasteiger partial charge in [-0.25, -0.2) is 8.42 Å². The molecule has 3 aromatic rings. The molecule has 0 unspecified atom stereocenters. The van der Waals surface area contributed by atoms with Crippen molar-refractivity contribution in [1.29, 1.82) is 0 Å². The number of sulfone groups is 1. The fraction of sp³-hybridized carbons (Fsp3) is 0.0667. The number of nitrogens with one attached hydrogen (secondary N) is 1. The van der Waals surface area contributed by atoms with Crippen molar-refractivity contribution in [3.8, 4) is 0 Å². The van der Waals surface area contributed by atoms with Gasteiger partial charge >= 0.3 is 0 Å². The van der Waals surface area contributed by atoms with E-state index in [4.69, 9.17) is 0 Å². The largest absolute Gasteiger partial charge is 0.358 e. The first-order chi connectivity index (χ1) is 9.10. The molecule has 0 spiro atoms. The fourth-order valence-corrected chi connectivity index (χ4v) is 3.99. The summed E-state index contributed by atoms with van der Waals surface area (Å²) in [5.41, 5.74) is 1.51. The van der Waals surface area contributed by atoms with E-state index in [0.717, 1.165) is 10.9 Å². The van der Waals surface area contributed by atoms with Gasteiger partial charge < -0.3 is 4.98 Å². The van der Waals surface area contributed by atoms with Crippen molar-refractivity contribution in [3.05, 3.63) is 60.3 Å². The highest BCUT2D eigenvalue weighted by Gasteiger charge is 2.23. The summed E-state index contributed by atoms with van der Waals surface area (Å²) in [5.74, 6) is 0. The molecule has 1 aromatic heterocycles. The summed E-state index contributed by atoms with van der Waals surface area (Å²) < 4.78 is 25.4. The molecule has 1 heterocycles. The zero-order chi connectivity index (χ0) is 13.5. The molecule has 3 nitrogen and oxygen atoms in total. The lowest BCUT2D eigenvalue weighted by molar-refractivity contribution is 0.596. The van der Waals surface area contributed by atoms with Crippen LogP contribution in [-0.2, 0) is 9.84 Å². The maximum atomic E-state index is 12.7. The zero-order valence-corrected chi connectivity index (χ0v) is 11.2. The molecule has 0 atom stereocenters. The number of hydrogen-bond acceptors (Lipinski definition) is 2. The highest BCUT2D eigenvalue weighted by molar-refractivity contribution is 7.91. The maximum Gasteiger partial charge on any atom is 0.208 e. The van der Waals surface area contributed by atoms with Gasteiger partial charge in [-0.1, -0.05) is 36.4 Å². The number of benzene rings is 2. The minimum Gasteiger partial charge on any atom is -0.358 e. The van der Waals surface area contributed by atoms with Crippen LogP contribution in [0.25, 0.3) is 10.9 Å². The number of aryl methyl sites for hydroxylation is 1. The van der Waals surface area contributed by atoms with Gasteiger partial charge in [0.2, 0.25) is 9.84 Å². The lowest BCUT2D eigenvalue weighted by Gasteiger charge is -2.04. The Kier molecular flexibility index (Phi) is 2.68.